The molecule has 0 spiro atoms. The van der Waals surface area contributed by atoms with Crippen molar-refractivity contribution in [2.75, 3.05) is 0 Å². The van der Waals surface area contributed by atoms with Gasteiger partial charge >= 0.3 is 5.97 Å². The van der Waals surface area contributed by atoms with Crippen LogP contribution < -0.4 is 4.74 Å². The summed E-state index contributed by atoms with van der Waals surface area (Å²) in [6.07, 6.45) is 1.25. The molecular weight excluding hydrogens is 309 g/mol. The van der Waals surface area contributed by atoms with E-state index in [1.807, 2.05) is 19.1 Å². The van der Waals surface area contributed by atoms with E-state index in [0.717, 1.165) is 5.56 Å². The number of rotatable bonds is 2. The molecule has 2 aromatic rings. The summed E-state index contributed by atoms with van der Waals surface area (Å²) >= 11 is 17.5. The molecule has 6 heteroatoms. The number of aryl methyl sites for hydroxylation is 1. The fourth-order valence-corrected chi connectivity index (χ4v) is 1.91. The Hall–Kier alpha value is -1.29. The van der Waals surface area contributed by atoms with Gasteiger partial charge in [0.25, 0.3) is 0 Å². The molecular formula is C13H8Cl3NO2. The Labute approximate surface area is 125 Å². The van der Waals surface area contributed by atoms with E-state index in [-0.39, 0.29) is 20.8 Å². The summed E-state index contributed by atoms with van der Waals surface area (Å²) in [6, 6.07) is 7.01. The van der Waals surface area contributed by atoms with Crippen LogP contribution in [0.25, 0.3) is 0 Å². The third-order valence-electron chi connectivity index (χ3n) is 2.34. The number of carbonyl (C=O) groups excluding carboxylic acids is 1. The van der Waals surface area contributed by atoms with Crippen molar-refractivity contribution >= 4 is 40.8 Å². The van der Waals surface area contributed by atoms with Crippen LogP contribution in [0.2, 0.25) is 15.1 Å². The zero-order valence-electron chi connectivity index (χ0n) is 9.78. The van der Waals surface area contributed by atoms with Gasteiger partial charge < -0.3 is 4.74 Å². The number of esters is 1. The van der Waals surface area contributed by atoms with E-state index in [1.165, 1.54) is 6.20 Å². The van der Waals surface area contributed by atoms with Crippen LogP contribution in [0.4, 0.5) is 0 Å². The van der Waals surface area contributed by atoms with Gasteiger partial charge in [0.05, 0.1) is 15.1 Å². The molecule has 0 aliphatic carbocycles. The average molecular weight is 317 g/mol. The topological polar surface area (TPSA) is 39.2 Å². The van der Waals surface area contributed by atoms with E-state index < -0.39 is 5.97 Å². The highest BCUT2D eigenvalue weighted by Crippen LogP contribution is 2.31. The lowest BCUT2D eigenvalue weighted by Crippen LogP contribution is -2.11. The molecule has 0 N–H and O–H groups in total. The van der Waals surface area contributed by atoms with Crippen molar-refractivity contribution in [2.45, 2.75) is 6.92 Å². The molecule has 0 aliphatic rings. The van der Waals surface area contributed by atoms with Crippen LogP contribution in [0.1, 0.15) is 16.1 Å². The second kappa shape index (κ2) is 5.78. The second-order valence-electron chi connectivity index (χ2n) is 3.79. The number of hydrogen-bond donors (Lipinski definition) is 0. The lowest BCUT2D eigenvalue weighted by Gasteiger charge is -2.07. The Morgan fingerprint density at radius 2 is 1.74 bits per heavy atom. The first-order valence-corrected chi connectivity index (χ1v) is 6.41. The maximum atomic E-state index is 11.9. The van der Waals surface area contributed by atoms with Crippen LogP contribution in [-0.2, 0) is 0 Å². The highest BCUT2D eigenvalue weighted by Gasteiger charge is 2.18. The summed E-state index contributed by atoms with van der Waals surface area (Å²) in [4.78, 5) is 15.7. The molecule has 3 nitrogen and oxygen atoms in total. The van der Waals surface area contributed by atoms with Crippen LogP contribution in [0.15, 0.2) is 30.5 Å². The largest absolute Gasteiger partial charge is 0.422 e. The fourth-order valence-electron chi connectivity index (χ4n) is 1.35. The molecule has 0 radical (unpaired) electrons. The molecule has 0 atom stereocenters. The molecule has 0 saturated heterocycles. The molecule has 0 saturated carbocycles. The third kappa shape index (κ3) is 3.18. The molecule has 1 aromatic heterocycles. The van der Waals surface area contributed by atoms with Crippen LogP contribution in [0.5, 0.6) is 5.75 Å². The maximum absolute atomic E-state index is 11.9. The number of ether oxygens (including phenoxy) is 1. The average Bonchev–Trinajstić information content (AvgIpc) is 2.39. The van der Waals surface area contributed by atoms with Crippen molar-refractivity contribution in [1.82, 2.24) is 4.98 Å². The standard InChI is InChI=1S/C13H8Cl3NO2/c1-7-2-4-8(5-3-7)19-13(18)12-11(16)10(15)9(14)6-17-12/h2-6H,1H3. The molecule has 0 aliphatic heterocycles. The molecule has 2 rings (SSSR count). The summed E-state index contributed by atoms with van der Waals surface area (Å²) in [6.45, 7) is 1.93. The zero-order valence-corrected chi connectivity index (χ0v) is 12.1. The number of nitrogens with zero attached hydrogens (tertiary/aromatic N) is 1. The second-order valence-corrected chi connectivity index (χ2v) is 4.95. The molecule has 0 bridgehead atoms. The van der Waals surface area contributed by atoms with Gasteiger partial charge in [-0.1, -0.05) is 52.5 Å². The minimum absolute atomic E-state index is 0.0220. The predicted molar refractivity (Wildman–Crippen MR) is 75.4 cm³/mol. The number of hydrogen-bond acceptors (Lipinski definition) is 3. The van der Waals surface area contributed by atoms with Crippen LogP contribution in [-0.4, -0.2) is 11.0 Å². The predicted octanol–water partition coefficient (Wildman–Crippen LogP) is 4.57. The van der Waals surface area contributed by atoms with Crippen molar-refractivity contribution in [3.05, 3.63) is 56.8 Å². The van der Waals surface area contributed by atoms with E-state index >= 15 is 0 Å². The quantitative estimate of drug-likeness (QED) is 0.602. The summed E-state index contributed by atoms with van der Waals surface area (Å²) < 4.78 is 5.14. The monoisotopic (exact) mass is 315 g/mol. The van der Waals surface area contributed by atoms with Crippen molar-refractivity contribution in [1.29, 1.82) is 0 Å². The Kier molecular flexibility index (Phi) is 4.30. The third-order valence-corrected chi connectivity index (χ3v) is 3.58. The number of pyridine rings is 1. The highest BCUT2D eigenvalue weighted by atomic mass is 35.5. The smallest absolute Gasteiger partial charge is 0.363 e. The van der Waals surface area contributed by atoms with Gasteiger partial charge in [-0.25, -0.2) is 9.78 Å². The Morgan fingerprint density at radius 3 is 2.37 bits per heavy atom. The van der Waals surface area contributed by atoms with Gasteiger partial charge in [-0.15, -0.1) is 0 Å². The zero-order chi connectivity index (χ0) is 14.0. The van der Waals surface area contributed by atoms with Crippen LogP contribution in [0.3, 0.4) is 0 Å². The van der Waals surface area contributed by atoms with E-state index in [2.05, 4.69) is 4.98 Å². The van der Waals surface area contributed by atoms with Gasteiger partial charge in [0.2, 0.25) is 0 Å². The normalized spacial score (nSPS) is 10.3. The van der Waals surface area contributed by atoms with Crippen LogP contribution in [0, 0.1) is 6.92 Å². The minimum Gasteiger partial charge on any atom is -0.422 e. The Balaban J connectivity index is 2.25. The van der Waals surface area contributed by atoms with Gasteiger partial charge in [0, 0.05) is 6.20 Å². The highest BCUT2D eigenvalue weighted by molar-refractivity contribution is 6.48. The maximum Gasteiger partial charge on any atom is 0.363 e. The molecule has 1 heterocycles. The first-order chi connectivity index (χ1) is 8.99. The number of carbonyl (C=O) groups is 1. The lowest BCUT2D eigenvalue weighted by atomic mass is 10.2. The lowest BCUT2D eigenvalue weighted by molar-refractivity contribution is 0.0729. The van der Waals surface area contributed by atoms with Crippen molar-refractivity contribution < 1.29 is 9.53 Å². The van der Waals surface area contributed by atoms with Crippen molar-refractivity contribution in [3.8, 4) is 5.75 Å². The molecule has 98 valence electrons. The summed E-state index contributed by atoms with van der Waals surface area (Å²) in [5.74, 6) is -0.285. The van der Waals surface area contributed by atoms with Crippen molar-refractivity contribution in [2.24, 2.45) is 0 Å². The first-order valence-electron chi connectivity index (χ1n) is 5.27. The van der Waals surface area contributed by atoms with Gasteiger partial charge in [-0.3, -0.25) is 0 Å². The first kappa shape index (κ1) is 14.1. The molecule has 0 fully saturated rings. The van der Waals surface area contributed by atoms with E-state index in [1.54, 1.807) is 12.1 Å². The van der Waals surface area contributed by atoms with Gasteiger partial charge in [-0.2, -0.15) is 0 Å². The number of halogens is 3. The number of aromatic nitrogens is 1. The summed E-state index contributed by atoms with van der Waals surface area (Å²) in [7, 11) is 0. The molecule has 19 heavy (non-hydrogen) atoms. The van der Waals surface area contributed by atoms with Crippen LogP contribution >= 0.6 is 34.8 Å². The van der Waals surface area contributed by atoms with Gasteiger partial charge in [0.1, 0.15) is 5.75 Å². The summed E-state index contributed by atoms with van der Waals surface area (Å²) in [5, 5.41) is 0.235. The SMILES string of the molecule is Cc1ccc(OC(=O)c2ncc(Cl)c(Cl)c2Cl)cc1. The van der Waals surface area contributed by atoms with E-state index in [4.69, 9.17) is 39.5 Å². The minimum atomic E-state index is -0.688. The summed E-state index contributed by atoms with van der Waals surface area (Å²) in [5.41, 5.74) is 0.988. The Bertz CT molecular complexity index is 627. The van der Waals surface area contributed by atoms with E-state index in [9.17, 15) is 4.79 Å². The van der Waals surface area contributed by atoms with E-state index in [0.29, 0.717) is 5.75 Å². The van der Waals surface area contributed by atoms with Gasteiger partial charge in [0.15, 0.2) is 5.69 Å². The van der Waals surface area contributed by atoms with Crippen molar-refractivity contribution in [3.63, 3.8) is 0 Å². The molecule has 0 unspecified atom stereocenters. The number of benzene rings is 1. The van der Waals surface area contributed by atoms with Gasteiger partial charge in [-0.05, 0) is 19.1 Å². The molecule has 1 aromatic carbocycles. The Morgan fingerprint density at radius 1 is 1.11 bits per heavy atom. The fraction of sp³-hybridized carbons (Fsp3) is 0.0769. The molecule has 0 amide bonds.